The molecule has 3 rings (SSSR count). The molecule has 1 aromatic carbocycles. The van der Waals surface area contributed by atoms with Gasteiger partial charge in [0.25, 0.3) is 0 Å². The first-order chi connectivity index (χ1) is 10.6. The zero-order valence-corrected chi connectivity index (χ0v) is 12.7. The molecule has 1 heterocycles. The third kappa shape index (κ3) is 3.23. The highest BCUT2D eigenvalue weighted by molar-refractivity contribution is 6.32. The Morgan fingerprint density at radius 2 is 2.27 bits per heavy atom. The topological polar surface area (TPSA) is 79.2 Å². The van der Waals surface area contributed by atoms with Crippen LogP contribution < -0.4 is 10.6 Å². The molecule has 2 aromatic rings. The van der Waals surface area contributed by atoms with Gasteiger partial charge >= 0.3 is 6.03 Å². The molecular weight excluding hydrogens is 304 g/mol. The monoisotopic (exact) mass is 320 g/mol. The minimum Gasteiger partial charge on any atom is -0.396 e. The molecule has 0 unspecified atom stereocenters. The fourth-order valence-corrected chi connectivity index (χ4v) is 2.46. The van der Waals surface area contributed by atoms with Crippen LogP contribution in [0.1, 0.15) is 12.8 Å². The summed E-state index contributed by atoms with van der Waals surface area (Å²) >= 11 is 6.22. The van der Waals surface area contributed by atoms with Crippen LogP contribution in [0.5, 0.6) is 0 Å². The van der Waals surface area contributed by atoms with Crippen LogP contribution in [0.2, 0.25) is 5.02 Å². The molecule has 116 valence electrons. The van der Waals surface area contributed by atoms with E-state index < -0.39 is 0 Å². The summed E-state index contributed by atoms with van der Waals surface area (Å²) in [7, 11) is 0. The van der Waals surface area contributed by atoms with Gasteiger partial charge in [0.05, 0.1) is 17.3 Å². The summed E-state index contributed by atoms with van der Waals surface area (Å²) < 4.78 is 1.66. The number of aliphatic hydroxyl groups excluding tert-OH is 1. The third-order valence-electron chi connectivity index (χ3n) is 3.87. The number of amides is 2. The molecule has 0 spiro atoms. The van der Waals surface area contributed by atoms with Crippen molar-refractivity contribution in [3.63, 3.8) is 0 Å². The number of hydrogen-bond donors (Lipinski definition) is 3. The number of carbonyl (C=O) groups is 1. The zero-order chi connectivity index (χ0) is 15.6. The first-order valence-electron chi connectivity index (χ1n) is 7.07. The maximum absolute atomic E-state index is 11.9. The van der Waals surface area contributed by atoms with E-state index in [1.54, 1.807) is 35.3 Å². The van der Waals surface area contributed by atoms with E-state index in [4.69, 9.17) is 11.6 Å². The number of aliphatic hydroxyl groups is 1. The van der Waals surface area contributed by atoms with Gasteiger partial charge in [0.2, 0.25) is 0 Å². The van der Waals surface area contributed by atoms with Gasteiger partial charge in [-0.25, -0.2) is 9.48 Å². The Bertz CT molecular complexity index is 668. The highest BCUT2D eigenvalue weighted by Crippen LogP contribution is 2.44. The number of hydrogen-bond acceptors (Lipinski definition) is 3. The molecule has 3 N–H and O–H groups in total. The van der Waals surface area contributed by atoms with Gasteiger partial charge in [-0.05, 0) is 37.1 Å². The summed E-state index contributed by atoms with van der Waals surface area (Å²) in [5, 5.41) is 19.3. The molecule has 22 heavy (non-hydrogen) atoms. The van der Waals surface area contributed by atoms with Crippen LogP contribution in [-0.2, 0) is 0 Å². The maximum atomic E-state index is 11.9. The van der Waals surface area contributed by atoms with Gasteiger partial charge in [0, 0.05) is 30.0 Å². The molecule has 1 aliphatic carbocycles. The molecule has 0 aliphatic heterocycles. The molecule has 0 bridgehead atoms. The molecular formula is C15H17ClN4O2. The summed E-state index contributed by atoms with van der Waals surface area (Å²) in [5.41, 5.74) is 1.24. The van der Waals surface area contributed by atoms with Gasteiger partial charge < -0.3 is 15.7 Å². The Hall–Kier alpha value is -2.05. The van der Waals surface area contributed by atoms with Crippen molar-refractivity contribution in [3.8, 4) is 5.69 Å². The fraction of sp³-hybridized carbons (Fsp3) is 0.333. The van der Waals surface area contributed by atoms with Crippen molar-refractivity contribution in [2.75, 3.05) is 18.5 Å². The predicted molar refractivity (Wildman–Crippen MR) is 84.3 cm³/mol. The van der Waals surface area contributed by atoms with Gasteiger partial charge in [-0.1, -0.05) is 11.6 Å². The van der Waals surface area contributed by atoms with E-state index in [1.807, 2.05) is 6.07 Å². The second kappa shape index (κ2) is 5.98. The average Bonchev–Trinajstić information content (AvgIpc) is 3.10. The van der Waals surface area contributed by atoms with Crippen LogP contribution in [0.3, 0.4) is 0 Å². The van der Waals surface area contributed by atoms with Gasteiger partial charge in [-0.2, -0.15) is 5.10 Å². The largest absolute Gasteiger partial charge is 0.396 e. The molecule has 2 amide bonds. The summed E-state index contributed by atoms with van der Waals surface area (Å²) in [6, 6.07) is 6.74. The molecule has 0 radical (unpaired) electrons. The Morgan fingerprint density at radius 3 is 2.86 bits per heavy atom. The van der Waals surface area contributed by atoms with Crippen molar-refractivity contribution in [1.29, 1.82) is 0 Å². The lowest BCUT2D eigenvalue weighted by molar-refractivity contribution is 0.206. The maximum Gasteiger partial charge on any atom is 0.319 e. The summed E-state index contributed by atoms with van der Waals surface area (Å²) in [4.78, 5) is 11.9. The number of nitrogens with zero attached hydrogens (tertiary/aromatic N) is 2. The van der Waals surface area contributed by atoms with Gasteiger partial charge in [0.15, 0.2) is 0 Å². The number of anilines is 1. The first kappa shape index (κ1) is 14.9. The fourth-order valence-electron chi connectivity index (χ4n) is 2.19. The predicted octanol–water partition coefficient (Wildman–Crippen LogP) is 2.42. The SMILES string of the molecule is O=C(NCC1(CO)CC1)Nc1ccc(-n2cccn2)c(Cl)c1. The van der Waals surface area contributed by atoms with E-state index in [-0.39, 0.29) is 18.1 Å². The van der Waals surface area contributed by atoms with Crippen LogP contribution >= 0.6 is 11.6 Å². The number of urea groups is 1. The highest BCUT2D eigenvalue weighted by atomic mass is 35.5. The van der Waals surface area contributed by atoms with Crippen molar-refractivity contribution < 1.29 is 9.90 Å². The molecule has 1 aromatic heterocycles. The Morgan fingerprint density at radius 1 is 1.45 bits per heavy atom. The molecule has 0 saturated heterocycles. The normalized spacial score (nSPS) is 15.4. The summed E-state index contributed by atoms with van der Waals surface area (Å²) in [6.45, 7) is 0.589. The van der Waals surface area contributed by atoms with Crippen LogP contribution in [0.4, 0.5) is 10.5 Å². The first-order valence-corrected chi connectivity index (χ1v) is 7.45. The molecule has 1 aliphatic rings. The van der Waals surface area contributed by atoms with E-state index in [0.29, 0.717) is 17.3 Å². The zero-order valence-electron chi connectivity index (χ0n) is 11.9. The van der Waals surface area contributed by atoms with Crippen LogP contribution in [0.25, 0.3) is 5.69 Å². The van der Waals surface area contributed by atoms with Crippen molar-refractivity contribution in [2.45, 2.75) is 12.8 Å². The second-order valence-electron chi connectivity index (χ2n) is 5.58. The van der Waals surface area contributed by atoms with Crippen LogP contribution in [-0.4, -0.2) is 34.1 Å². The number of carbonyl (C=O) groups excluding carboxylic acids is 1. The number of aromatic nitrogens is 2. The summed E-state index contributed by atoms with van der Waals surface area (Å²) in [6.07, 6.45) is 5.37. The molecule has 6 nitrogen and oxygen atoms in total. The lowest BCUT2D eigenvalue weighted by atomic mass is 10.1. The Balaban J connectivity index is 1.61. The van der Waals surface area contributed by atoms with E-state index in [1.165, 1.54) is 0 Å². The number of nitrogens with one attached hydrogen (secondary N) is 2. The lowest BCUT2D eigenvalue weighted by Gasteiger charge is -2.14. The minimum atomic E-state index is -0.303. The second-order valence-corrected chi connectivity index (χ2v) is 5.99. The number of rotatable bonds is 5. The Labute approximate surface area is 133 Å². The van der Waals surface area contributed by atoms with Gasteiger partial charge in [0.1, 0.15) is 0 Å². The molecule has 0 atom stereocenters. The smallest absolute Gasteiger partial charge is 0.319 e. The van der Waals surface area contributed by atoms with Crippen molar-refractivity contribution >= 4 is 23.3 Å². The summed E-state index contributed by atoms with van der Waals surface area (Å²) in [5.74, 6) is 0. The third-order valence-corrected chi connectivity index (χ3v) is 4.18. The van der Waals surface area contributed by atoms with Crippen molar-refractivity contribution in [3.05, 3.63) is 41.7 Å². The van der Waals surface area contributed by atoms with Gasteiger partial charge in [-0.3, -0.25) is 0 Å². The van der Waals surface area contributed by atoms with Crippen LogP contribution in [0, 0.1) is 5.41 Å². The highest BCUT2D eigenvalue weighted by Gasteiger charge is 2.42. The molecule has 7 heteroatoms. The van der Waals surface area contributed by atoms with E-state index >= 15 is 0 Å². The van der Waals surface area contributed by atoms with Crippen molar-refractivity contribution in [1.82, 2.24) is 15.1 Å². The molecule has 1 saturated carbocycles. The quantitative estimate of drug-likeness (QED) is 0.791. The van der Waals surface area contributed by atoms with E-state index in [9.17, 15) is 9.90 Å². The minimum absolute atomic E-state index is 0.109. The van der Waals surface area contributed by atoms with Crippen LogP contribution in [0.15, 0.2) is 36.7 Å². The number of halogens is 1. The molecule has 1 fully saturated rings. The Kier molecular flexibility index (Phi) is 4.04. The standard InChI is InChI=1S/C15H17ClN4O2/c16-12-8-11(2-3-13(12)20-7-1-6-18-20)19-14(22)17-9-15(10-21)4-5-15/h1-3,6-8,21H,4-5,9-10H2,(H2,17,19,22). The van der Waals surface area contributed by atoms with Gasteiger partial charge in [-0.15, -0.1) is 0 Å². The lowest BCUT2D eigenvalue weighted by Crippen LogP contribution is -2.35. The average molecular weight is 321 g/mol. The van der Waals surface area contributed by atoms with Crippen molar-refractivity contribution in [2.24, 2.45) is 5.41 Å². The van der Waals surface area contributed by atoms with E-state index in [2.05, 4.69) is 15.7 Å². The van der Waals surface area contributed by atoms with E-state index in [0.717, 1.165) is 18.5 Å². The number of benzene rings is 1.